The van der Waals surface area contributed by atoms with Crippen LogP contribution in [0.4, 0.5) is 14.5 Å². The molecular weight excluding hydrogens is 270 g/mol. The average Bonchev–Trinajstić information content (AvgIpc) is 2.85. The lowest BCUT2D eigenvalue weighted by molar-refractivity contribution is 0.0782. The van der Waals surface area contributed by atoms with Crippen LogP contribution in [0.25, 0.3) is 0 Å². The zero-order valence-corrected chi connectivity index (χ0v) is 11.0. The first kappa shape index (κ1) is 13.5. The highest BCUT2D eigenvalue weighted by atomic mass is 32.1. The van der Waals surface area contributed by atoms with Crippen molar-refractivity contribution in [2.24, 2.45) is 0 Å². The maximum absolute atomic E-state index is 13.6. The Kier molecular flexibility index (Phi) is 3.80. The highest BCUT2D eigenvalue weighted by molar-refractivity contribution is 7.09. The number of hydrogen-bond acceptors (Lipinski definition) is 3. The number of carbonyl (C=O) groups excluding carboxylic acids is 1. The van der Waals surface area contributed by atoms with Gasteiger partial charge in [-0.15, -0.1) is 11.3 Å². The molecule has 2 rings (SSSR count). The molecule has 0 atom stereocenters. The van der Waals surface area contributed by atoms with Crippen molar-refractivity contribution in [2.75, 3.05) is 12.8 Å². The Morgan fingerprint density at radius 3 is 2.74 bits per heavy atom. The summed E-state index contributed by atoms with van der Waals surface area (Å²) in [7, 11) is 1.56. The monoisotopic (exact) mass is 282 g/mol. The topological polar surface area (TPSA) is 46.3 Å². The number of amides is 1. The molecule has 0 bridgehead atoms. The highest BCUT2D eigenvalue weighted by Crippen LogP contribution is 2.19. The normalized spacial score (nSPS) is 10.5. The van der Waals surface area contributed by atoms with Crippen LogP contribution in [0.15, 0.2) is 29.6 Å². The summed E-state index contributed by atoms with van der Waals surface area (Å²) >= 11 is 1.50. The molecule has 0 radical (unpaired) electrons. The first-order valence-corrected chi connectivity index (χ1v) is 6.39. The molecule has 3 nitrogen and oxygen atoms in total. The molecule has 1 heterocycles. The summed E-state index contributed by atoms with van der Waals surface area (Å²) in [5, 5.41) is 1.89. The van der Waals surface area contributed by atoms with Crippen LogP contribution >= 0.6 is 11.3 Å². The highest BCUT2D eigenvalue weighted by Gasteiger charge is 2.18. The molecule has 19 heavy (non-hydrogen) atoms. The first-order chi connectivity index (χ1) is 8.99. The number of nitrogens with zero attached hydrogens (tertiary/aromatic N) is 1. The van der Waals surface area contributed by atoms with E-state index >= 15 is 0 Å². The van der Waals surface area contributed by atoms with Gasteiger partial charge in [0.05, 0.1) is 17.8 Å². The minimum Gasteiger partial charge on any atom is -0.396 e. The lowest BCUT2D eigenvalue weighted by Gasteiger charge is -2.17. The van der Waals surface area contributed by atoms with E-state index in [1.54, 1.807) is 7.05 Å². The third-order valence-electron chi connectivity index (χ3n) is 2.64. The molecule has 0 aliphatic heterocycles. The fourth-order valence-corrected chi connectivity index (χ4v) is 2.40. The van der Waals surface area contributed by atoms with Gasteiger partial charge in [-0.1, -0.05) is 6.07 Å². The molecule has 2 aromatic rings. The van der Waals surface area contributed by atoms with E-state index in [1.165, 1.54) is 16.2 Å². The van der Waals surface area contributed by atoms with E-state index in [0.29, 0.717) is 12.6 Å². The number of thiophene rings is 1. The summed E-state index contributed by atoms with van der Waals surface area (Å²) in [6.07, 6.45) is 0. The fraction of sp³-hybridized carbons (Fsp3) is 0.154. The number of benzene rings is 1. The van der Waals surface area contributed by atoms with Crippen molar-refractivity contribution in [2.45, 2.75) is 6.54 Å². The number of rotatable bonds is 3. The van der Waals surface area contributed by atoms with Crippen molar-refractivity contribution in [3.8, 4) is 0 Å². The van der Waals surface area contributed by atoms with Crippen molar-refractivity contribution in [3.05, 3.63) is 51.7 Å². The van der Waals surface area contributed by atoms with Crippen LogP contribution < -0.4 is 5.73 Å². The Labute approximate surface area is 113 Å². The maximum atomic E-state index is 13.6. The van der Waals surface area contributed by atoms with Crippen LogP contribution in [-0.2, 0) is 6.54 Å². The van der Waals surface area contributed by atoms with Gasteiger partial charge in [-0.25, -0.2) is 8.78 Å². The van der Waals surface area contributed by atoms with Gasteiger partial charge in [-0.2, -0.15) is 0 Å². The van der Waals surface area contributed by atoms with Crippen LogP contribution in [0.5, 0.6) is 0 Å². The summed E-state index contributed by atoms with van der Waals surface area (Å²) in [4.78, 5) is 14.4. The van der Waals surface area contributed by atoms with Crippen molar-refractivity contribution in [3.63, 3.8) is 0 Å². The van der Waals surface area contributed by atoms with Gasteiger partial charge in [0.15, 0.2) is 0 Å². The Balaban J connectivity index is 2.21. The van der Waals surface area contributed by atoms with E-state index in [-0.39, 0.29) is 11.3 Å². The van der Waals surface area contributed by atoms with Gasteiger partial charge < -0.3 is 10.6 Å². The molecule has 1 aromatic heterocycles. The molecule has 100 valence electrons. The molecule has 0 saturated carbocycles. The van der Waals surface area contributed by atoms with Gasteiger partial charge in [-0.05, 0) is 17.5 Å². The Morgan fingerprint density at radius 2 is 2.11 bits per heavy atom. The predicted octanol–water partition coefficient (Wildman–Crippen LogP) is 2.88. The number of hydrogen-bond donors (Lipinski definition) is 1. The average molecular weight is 282 g/mol. The van der Waals surface area contributed by atoms with Gasteiger partial charge in [0.1, 0.15) is 11.6 Å². The largest absolute Gasteiger partial charge is 0.396 e. The quantitative estimate of drug-likeness (QED) is 0.880. The molecule has 6 heteroatoms. The smallest absolute Gasteiger partial charge is 0.256 e. The summed E-state index contributed by atoms with van der Waals surface area (Å²) in [5.41, 5.74) is 4.89. The van der Waals surface area contributed by atoms with Gasteiger partial charge in [0, 0.05) is 18.0 Å². The third kappa shape index (κ3) is 2.90. The Bertz CT molecular complexity index is 599. The molecule has 0 unspecified atom stereocenters. The summed E-state index contributed by atoms with van der Waals surface area (Å²) in [5.74, 6) is -2.30. The van der Waals surface area contributed by atoms with E-state index < -0.39 is 17.5 Å². The molecule has 0 aliphatic carbocycles. The second kappa shape index (κ2) is 5.36. The first-order valence-electron chi connectivity index (χ1n) is 5.51. The second-order valence-electron chi connectivity index (χ2n) is 4.09. The van der Waals surface area contributed by atoms with Gasteiger partial charge >= 0.3 is 0 Å². The lowest BCUT2D eigenvalue weighted by Crippen LogP contribution is -2.27. The van der Waals surface area contributed by atoms with Crippen LogP contribution in [0.1, 0.15) is 15.2 Å². The van der Waals surface area contributed by atoms with E-state index in [4.69, 9.17) is 5.73 Å². The Hall–Kier alpha value is -1.95. The van der Waals surface area contributed by atoms with Crippen LogP contribution in [0, 0.1) is 11.6 Å². The van der Waals surface area contributed by atoms with E-state index in [0.717, 1.165) is 10.9 Å². The van der Waals surface area contributed by atoms with Crippen molar-refractivity contribution < 1.29 is 13.6 Å². The molecule has 0 fully saturated rings. The second-order valence-corrected chi connectivity index (χ2v) is 5.13. The molecule has 0 saturated heterocycles. The molecule has 2 N–H and O–H groups in total. The van der Waals surface area contributed by atoms with E-state index in [1.807, 2.05) is 17.5 Å². The van der Waals surface area contributed by atoms with Crippen LogP contribution in [0.3, 0.4) is 0 Å². The molecular formula is C13H12F2N2OS. The van der Waals surface area contributed by atoms with Gasteiger partial charge in [0.2, 0.25) is 0 Å². The summed E-state index contributed by atoms with van der Waals surface area (Å²) in [6.45, 7) is 0.368. The van der Waals surface area contributed by atoms with Crippen molar-refractivity contribution in [1.29, 1.82) is 0 Å². The molecule has 1 aromatic carbocycles. The number of halogens is 2. The number of nitrogens with two attached hydrogens (primary N) is 1. The van der Waals surface area contributed by atoms with Crippen LogP contribution in [-0.4, -0.2) is 17.9 Å². The number of carbonyl (C=O) groups is 1. The van der Waals surface area contributed by atoms with Crippen molar-refractivity contribution >= 4 is 22.9 Å². The number of anilines is 1. The fourth-order valence-electron chi connectivity index (χ4n) is 1.64. The van der Waals surface area contributed by atoms with Gasteiger partial charge in [0.25, 0.3) is 5.91 Å². The minimum atomic E-state index is -0.908. The maximum Gasteiger partial charge on any atom is 0.256 e. The third-order valence-corrected chi connectivity index (χ3v) is 3.50. The van der Waals surface area contributed by atoms with Crippen LogP contribution in [0.2, 0.25) is 0 Å². The molecule has 0 spiro atoms. The summed E-state index contributed by atoms with van der Waals surface area (Å²) in [6, 6.07) is 5.40. The Morgan fingerprint density at radius 1 is 1.37 bits per heavy atom. The predicted molar refractivity (Wildman–Crippen MR) is 70.9 cm³/mol. The molecule has 0 aliphatic rings. The summed E-state index contributed by atoms with van der Waals surface area (Å²) < 4.78 is 26.6. The SMILES string of the molecule is CN(Cc1cccs1)C(=O)c1cc(N)c(F)cc1F. The van der Waals surface area contributed by atoms with Crippen molar-refractivity contribution in [1.82, 2.24) is 4.90 Å². The minimum absolute atomic E-state index is 0.224. The van der Waals surface area contributed by atoms with E-state index in [2.05, 4.69) is 0 Å². The lowest BCUT2D eigenvalue weighted by atomic mass is 10.1. The van der Waals surface area contributed by atoms with Gasteiger partial charge in [-0.3, -0.25) is 4.79 Å². The van der Waals surface area contributed by atoms with E-state index in [9.17, 15) is 13.6 Å². The number of nitrogen functional groups attached to an aromatic ring is 1. The zero-order chi connectivity index (χ0) is 14.0. The molecule has 1 amide bonds. The standard InChI is InChI=1S/C13H12F2N2OS/c1-17(7-8-3-2-4-19-8)13(18)9-5-12(16)11(15)6-10(9)14/h2-6H,7,16H2,1H3. The zero-order valence-electron chi connectivity index (χ0n) is 10.2.